The highest BCUT2D eigenvalue weighted by Crippen LogP contribution is 2.22. The fraction of sp³-hybridized carbons (Fsp3) is 0.167. The van der Waals surface area contributed by atoms with Gasteiger partial charge in [-0.1, -0.05) is 37.6 Å². The average molecular weight is 371 g/mol. The highest BCUT2D eigenvalue weighted by atomic mass is 16.5. The molecule has 0 N–H and O–H groups in total. The Morgan fingerprint density at radius 2 is 1.43 bits per heavy atom. The summed E-state index contributed by atoms with van der Waals surface area (Å²) in [6, 6.07) is 23.7. The molecule has 4 heteroatoms. The van der Waals surface area contributed by atoms with E-state index < -0.39 is 5.97 Å². The van der Waals surface area contributed by atoms with Gasteiger partial charge in [0.25, 0.3) is 0 Å². The predicted molar refractivity (Wildman–Crippen MR) is 108 cm³/mol. The first-order valence-electron chi connectivity index (χ1n) is 9.25. The average Bonchev–Trinajstić information content (AvgIpc) is 2.75. The summed E-state index contributed by atoms with van der Waals surface area (Å²) in [5.41, 5.74) is 3.04. The molecule has 0 fully saturated rings. The van der Waals surface area contributed by atoms with Gasteiger partial charge < -0.3 is 9.47 Å². The lowest BCUT2D eigenvalue weighted by atomic mass is 10.0. The van der Waals surface area contributed by atoms with Crippen LogP contribution < -0.4 is 9.47 Å². The molecule has 0 spiro atoms. The zero-order chi connectivity index (χ0) is 19.8. The molecule has 0 aliphatic heterocycles. The minimum atomic E-state index is -0.411. The number of carbonyl (C=O) groups is 1. The van der Waals surface area contributed by atoms with Gasteiger partial charge in [-0.05, 0) is 66.1 Å². The van der Waals surface area contributed by atoms with Gasteiger partial charge >= 0.3 is 5.97 Å². The van der Waals surface area contributed by atoms with Crippen molar-refractivity contribution in [3.8, 4) is 28.7 Å². The van der Waals surface area contributed by atoms with E-state index in [0.717, 1.165) is 29.7 Å². The molecule has 0 atom stereocenters. The number of esters is 1. The molecule has 0 saturated carbocycles. The van der Waals surface area contributed by atoms with Crippen molar-refractivity contribution in [3.63, 3.8) is 0 Å². The van der Waals surface area contributed by atoms with E-state index in [-0.39, 0.29) is 0 Å². The van der Waals surface area contributed by atoms with E-state index in [1.807, 2.05) is 24.3 Å². The third kappa shape index (κ3) is 4.99. The number of hydrogen-bond donors (Lipinski definition) is 0. The van der Waals surface area contributed by atoms with E-state index in [1.165, 1.54) is 0 Å². The van der Waals surface area contributed by atoms with Crippen molar-refractivity contribution in [3.05, 3.63) is 83.9 Å². The first kappa shape index (κ1) is 19.2. The van der Waals surface area contributed by atoms with Gasteiger partial charge in [-0.15, -0.1) is 0 Å². The van der Waals surface area contributed by atoms with Crippen LogP contribution in [0.2, 0.25) is 0 Å². The Hall–Kier alpha value is -3.58. The molecular formula is C24H21NO3. The monoisotopic (exact) mass is 371 g/mol. The molecule has 3 aromatic carbocycles. The second-order valence-electron chi connectivity index (χ2n) is 6.33. The minimum Gasteiger partial charge on any atom is -0.494 e. The topological polar surface area (TPSA) is 59.3 Å². The van der Waals surface area contributed by atoms with Gasteiger partial charge in [-0.25, -0.2) is 4.79 Å². The molecule has 0 radical (unpaired) electrons. The maximum absolute atomic E-state index is 12.4. The smallest absolute Gasteiger partial charge is 0.343 e. The van der Waals surface area contributed by atoms with Crippen LogP contribution in [-0.2, 0) is 0 Å². The van der Waals surface area contributed by atoms with Gasteiger partial charge in [0.2, 0.25) is 0 Å². The van der Waals surface area contributed by atoms with Gasteiger partial charge in [0.1, 0.15) is 11.5 Å². The largest absolute Gasteiger partial charge is 0.494 e. The second kappa shape index (κ2) is 9.38. The lowest BCUT2D eigenvalue weighted by molar-refractivity contribution is 0.0734. The summed E-state index contributed by atoms with van der Waals surface area (Å²) in [6.07, 6.45) is 2.09. The molecule has 0 unspecified atom stereocenters. The number of carbonyl (C=O) groups excluding carboxylic acids is 1. The van der Waals surface area contributed by atoms with Crippen LogP contribution in [0, 0.1) is 11.3 Å². The van der Waals surface area contributed by atoms with Crippen LogP contribution in [0.4, 0.5) is 0 Å². The summed E-state index contributed by atoms with van der Waals surface area (Å²) in [5.74, 6) is 0.829. The number of rotatable bonds is 7. The number of benzene rings is 3. The van der Waals surface area contributed by atoms with Crippen molar-refractivity contribution >= 4 is 5.97 Å². The van der Waals surface area contributed by atoms with Crippen LogP contribution in [0.5, 0.6) is 11.5 Å². The van der Waals surface area contributed by atoms with Crippen molar-refractivity contribution in [2.75, 3.05) is 6.61 Å². The zero-order valence-corrected chi connectivity index (χ0v) is 15.7. The summed E-state index contributed by atoms with van der Waals surface area (Å²) in [4.78, 5) is 12.4. The third-order valence-corrected chi connectivity index (χ3v) is 4.27. The van der Waals surface area contributed by atoms with Gasteiger partial charge in [-0.3, -0.25) is 0 Å². The number of ether oxygens (including phenoxy) is 2. The maximum atomic E-state index is 12.4. The summed E-state index contributed by atoms with van der Waals surface area (Å²) in [7, 11) is 0. The number of nitriles is 1. The van der Waals surface area contributed by atoms with Gasteiger partial charge in [0.15, 0.2) is 0 Å². The molecule has 3 rings (SSSR count). The van der Waals surface area contributed by atoms with Crippen LogP contribution in [0.3, 0.4) is 0 Å². The molecule has 0 saturated heterocycles. The summed E-state index contributed by atoms with van der Waals surface area (Å²) in [6.45, 7) is 2.80. The minimum absolute atomic E-state index is 0.411. The number of hydrogen-bond acceptors (Lipinski definition) is 4. The third-order valence-electron chi connectivity index (χ3n) is 4.27. The normalized spacial score (nSPS) is 10.1. The Kier molecular flexibility index (Phi) is 6.43. The standard InChI is InChI=1S/C24H21NO3/c1-2-3-16-27-22-12-14-23(15-13-22)28-24(26)21-10-8-20(9-11-21)19-6-4-18(17-25)5-7-19/h4-15H,2-3,16H2,1H3. The predicted octanol–water partition coefficient (Wildman–Crippen LogP) is 5.62. The molecule has 3 aromatic rings. The lowest BCUT2D eigenvalue weighted by Crippen LogP contribution is -2.08. The maximum Gasteiger partial charge on any atom is 0.343 e. The summed E-state index contributed by atoms with van der Waals surface area (Å²) in [5, 5.41) is 8.87. The van der Waals surface area contributed by atoms with Crippen LogP contribution in [-0.4, -0.2) is 12.6 Å². The first-order chi connectivity index (χ1) is 13.7. The van der Waals surface area contributed by atoms with Crippen molar-refractivity contribution in [1.82, 2.24) is 0 Å². The van der Waals surface area contributed by atoms with Crippen LogP contribution >= 0.6 is 0 Å². The van der Waals surface area contributed by atoms with Crippen LogP contribution in [0.1, 0.15) is 35.7 Å². The number of unbranched alkanes of at least 4 members (excludes halogenated alkanes) is 1. The molecule has 0 aliphatic carbocycles. The van der Waals surface area contributed by atoms with Crippen LogP contribution in [0.25, 0.3) is 11.1 Å². The second-order valence-corrected chi connectivity index (χ2v) is 6.33. The molecule has 0 bridgehead atoms. The van der Waals surface area contributed by atoms with E-state index in [1.54, 1.807) is 48.5 Å². The first-order valence-corrected chi connectivity index (χ1v) is 9.25. The molecule has 28 heavy (non-hydrogen) atoms. The highest BCUT2D eigenvalue weighted by Gasteiger charge is 2.09. The number of nitrogens with zero attached hydrogens (tertiary/aromatic N) is 1. The zero-order valence-electron chi connectivity index (χ0n) is 15.7. The molecule has 0 heterocycles. The Bertz CT molecular complexity index is 953. The summed E-state index contributed by atoms with van der Waals surface area (Å²) >= 11 is 0. The Morgan fingerprint density at radius 3 is 2.00 bits per heavy atom. The Balaban J connectivity index is 1.62. The van der Waals surface area contributed by atoms with E-state index >= 15 is 0 Å². The van der Waals surface area contributed by atoms with E-state index in [2.05, 4.69) is 13.0 Å². The van der Waals surface area contributed by atoms with Crippen molar-refractivity contribution in [1.29, 1.82) is 5.26 Å². The molecular weight excluding hydrogens is 350 g/mol. The molecule has 4 nitrogen and oxygen atoms in total. The Labute approximate surface area is 165 Å². The van der Waals surface area contributed by atoms with Crippen molar-refractivity contribution < 1.29 is 14.3 Å². The van der Waals surface area contributed by atoms with Crippen molar-refractivity contribution in [2.45, 2.75) is 19.8 Å². The lowest BCUT2D eigenvalue weighted by Gasteiger charge is -2.08. The fourth-order valence-electron chi connectivity index (χ4n) is 2.64. The highest BCUT2D eigenvalue weighted by molar-refractivity contribution is 5.91. The molecule has 140 valence electrons. The molecule has 0 aromatic heterocycles. The molecule has 0 amide bonds. The van der Waals surface area contributed by atoms with E-state index in [9.17, 15) is 4.79 Å². The van der Waals surface area contributed by atoms with Crippen molar-refractivity contribution in [2.24, 2.45) is 0 Å². The van der Waals surface area contributed by atoms with E-state index in [4.69, 9.17) is 14.7 Å². The van der Waals surface area contributed by atoms with Gasteiger partial charge in [-0.2, -0.15) is 5.26 Å². The van der Waals surface area contributed by atoms with E-state index in [0.29, 0.717) is 23.5 Å². The fourth-order valence-corrected chi connectivity index (χ4v) is 2.64. The van der Waals surface area contributed by atoms with Crippen LogP contribution in [0.15, 0.2) is 72.8 Å². The van der Waals surface area contributed by atoms with Gasteiger partial charge in [0, 0.05) is 0 Å². The Morgan fingerprint density at radius 1 is 0.857 bits per heavy atom. The molecule has 0 aliphatic rings. The summed E-state index contributed by atoms with van der Waals surface area (Å²) < 4.78 is 11.0. The quantitative estimate of drug-likeness (QED) is 0.307. The van der Waals surface area contributed by atoms with Gasteiger partial charge in [0.05, 0.1) is 23.8 Å². The SMILES string of the molecule is CCCCOc1ccc(OC(=O)c2ccc(-c3ccc(C#N)cc3)cc2)cc1.